The smallest absolute Gasteiger partial charge is 0.298 e. The molecule has 8 heteroatoms. The summed E-state index contributed by atoms with van der Waals surface area (Å²) in [5, 5.41) is 1.68. The highest BCUT2D eigenvalue weighted by molar-refractivity contribution is 7.07. The third kappa shape index (κ3) is 5.12. The van der Waals surface area contributed by atoms with Gasteiger partial charge in [-0.1, -0.05) is 35.3 Å². The lowest BCUT2D eigenvalue weighted by Crippen LogP contribution is -2.20. The molecule has 0 N–H and O–H groups in total. The van der Waals surface area contributed by atoms with Crippen molar-refractivity contribution >= 4 is 46.8 Å². The lowest BCUT2D eigenvalue weighted by atomic mass is 9.84. The third-order valence-corrected chi connectivity index (χ3v) is 6.02. The first-order valence-corrected chi connectivity index (χ1v) is 11.1. The molecule has 0 aliphatic carbocycles. The highest BCUT2D eigenvalue weighted by Crippen LogP contribution is 2.37. The minimum Gasteiger partial charge on any atom is -0.430 e. The van der Waals surface area contributed by atoms with E-state index in [1.807, 2.05) is 49.2 Å². The van der Waals surface area contributed by atoms with Gasteiger partial charge in [-0.3, -0.25) is 0 Å². The molecule has 30 heavy (non-hydrogen) atoms. The fourth-order valence-corrected chi connectivity index (χ4v) is 3.71. The van der Waals surface area contributed by atoms with E-state index in [0.29, 0.717) is 32.5 Å². The van der Waals surface area contributed by atoms with Crippen LogP contribution in [0.2, 0.25) is 10.0 Å². The summed E-state index contributed by atoms with van der Waals surface area (Å²) < 4.78 is 10.5. The predicted octanol–water partition coefficient (Wildman–Crippen LogP) is 6.88. The molecule has 0 atom stereocenters. The molecule has 0 bridgehead atoms. The maximum Gasteiger partial charge on any atom is 0.298 e. The van der Waals surface area contributed by atoms with E-state index in [-0.39, 0.29) is 5.41 Å². The van der Waals surface area contributed by atoms with Crippen molar-refractivity contribution in [2.24, 2.45) is 4.99 Å². The number of nitrogens with zero attached hydrogens (tertiary/aromatic N) is 4. The number of halogens is 2. The van der Waals surface area contributed by atoms with Crippen molar-refractivity contribution < 1.29 is 4.74 Å². The zero-order valence-corrected chi connectivity index (χ0v) is 19.9. The minimum atomic E-state index is -0.376. The molecule has 0 saturated carbocycles. The Labute approximate surface area is 191 Å². The summed E-state index contributed by atoms with van der Waals surface area (Å²) in [4.78, 5) is 11.0. The first-order valence-electron chi connectivity index (χ1n) is 9.53. The monoisotopic (exact) mass is 462 g/mol. The Morgan fingerprint density at radius 2 is 1.90 bits per heavy atom. The fraction of sp³-hybridized carbons (Fsp3) is 0.318. The van der Waals surface area contributed by atoms with E-state index in [4.69, 9.17) is 27.9 Å². The van der Waals surface area contributed by atoms with Crippen LogP contribution in [0.25, 0.3) is 0 Å². The van der Waals surface area contributed by atoms with Gasteiger partial charge < -0.3 is 9.64 Å². The molecule has 3 aromatic rings. The summed E-state index contributed by atoms with van der Waals surface area (Å²) in [5.41, 5.74) is 2.32. The van der Waals surface area contributed by atoms with E-state index < -0.39 is 0 Å². The highest BCUT2D eigenvalue weighted by atomic mass is 35.5. The van der Waals surface area contributed by atoms with Crippen LogP contribution in [-0.4, -0.2) is 34.2 Å². The van der Waals surface area contributed by atoms with Crippen molar-refractivity contribution in [2.45, 2.75) is 33.1 Å². The van der Waals surface area contributed by atoms with Gasteiger partial charge in [-0.2, -0.15) is 9.36 Å². The number of rotatable bonds is 7. The van der Waals surface area contributed by atoms with Crippen molar-refractivity contribution in [3.05, 3.63) is 63.4 Å². The van der Waals surface area contributed by atoms with E-state index in [2.05, 4.69) is 35.1 Å². The third-order valence-electron chi connectivity index (χ3n) is 4.87. The molecule has 0 saturated heterocycles. The second-order valence-corrected chi connectivity index (χ2v) is 9.06. The molecule has 0 radical (unpaired) electrons. The van der Waals surface area contributed by atoms with Gasteiger partial charge in [0.25, 0.3) is 5.19 Å². The molecule has 1 aromatic heterocycles. The molecule has 5 nitrogen and oxygen atoms in total. The molecule has 0 amide bonds. The van der Waals surface area contributed by atoms with Gasteiger partial charge in [-0.15, -0.1) is 0 Å². The van der Waals surface area contributed by atoms with Crippen LogP contribution in [0, 0.1) is 6.92 Å². The molecule has 0 fully saturated rings. The Morgan fingerprint density at radius 3 is 2.57 bits per heavy atom. The van der Waals surface area contributed by atoms with Crippen LogP contribution >= 0.6 is 34.7 Å². The van der Waals surface area contributed by atoms with Gasteiger partial charge >= 0.3 is 0 Å². The molecule has 0 unspecified atom stereocenters. The largest absolute Gasteiger partial charge is 0.430 e. The van der Waals surface area contributed by atoms with Crippen LogP contribution < -0.4 is 4.74 Å². The summed E-state index contributed by atoms with van der Waals surface area (Å²) in [6.45, 7) is 9.02. The molecule has 0 aliphatic rings. The zero-order chi connectivity index (χ0) is 21.9. The fourth-order valence-electron chi connectivity index (χ4n) is 2.69. The molecular weight excluding hydrogens is 439 g/mol. The SMILES string of the molecule is CCN(C)/C=N\c1cc(C)c(Oc2nc(C(C)(C)c3ccc(Cl)cc3)ns2)cc1Cl. The van der Waals surface area contributed by atoms with Crippen LogP contribution in [0.15, 0.2) is 41.4 Å². The topological polar surface area (TPSA) is 50.6 Å². The van der Waals surface area contributed by atoms with Gasteiger partial charge in [0.2, 0.25) is 0 Å². The molecule has 0 spiro atoms. The van der Waals surface area contributed by atoms with Crippen molar-refractivity contribution in [1.82, 2.24) is 14.3 Å². The maximum atomic E-state index is 6.41. The number of hydrogen-bond acceptors (Lipinski definition) is 5. The summed E-state index contributed by atoms with van der Waals surface area (Å²) in [6, 6.07) is 11.4. The second kappa shape index (κ2) is 9.33. The van der Waals surface area contributed by atoms with Crippen LogP contribution in [0.5, 0.6) is 10.9 Å². The number of aromatic nitrogens is 2. The van der Waals surface area contributed by atoms with Gasteiger partial charge in [0, 0.05) is 36.2 Å². The van der Waals surface area contributed by atoms with Crippen molar-refractivity contribution in [2.75, 3.05) is 13.6 Å². The molecule has 1 heterocycles. The van der Waals surface area contributed by atoms with E-state index in [9.17, 15) is 0 Å². The second-order valence-electron chi connectivity index (χ2n) is 7.50. The van der Waals surface area contributed by atoms with Gasteiger partial charge in [0.15, 0.2) is 5.82 Å². The summed E-state index contributed by atoms with van der Waals surface area (Å²) in [7, 11) is 1.96. The Hall–Kier alpha value is -2.15. The predicted molar refractivity (Wildman–Crippen MR) is 126 cm³/mol. The standard InChI is InChI=1S/C22H24Cl2N4OS/c1-6-28(5)13-25-18-11-14(2)19(12-17(18)24)29-21-26-20(27-30-21)22(3,4)15-7-9-16(23)10-8-15/h7-13H,6H2,1-5H3/b25-13-. The van der Waals surface area contributed by atoms with Crippen LogP contribution in [-0.2, 0) is 5.41 Å². The van der Waals surface area contributed by atoms with Gasteiger partial charge in [0.05, 0.1) is 22.5 Å². The average Bonchev–Trinajstić information content (AvgIpc) is 3.19. The summed E-state index contributed by atoms with van der Waals surface area (Å²) in [6.07, 6.45) is 1.76. The Morgan fingerprint density at radius 1 is 1.20 bits per heavy atom. The number of ether oxygens (including phenoxy) is 1. The number of benzene rings is 2. The normalized spacial score (nSPS) is 11.8. The van der Waals surface area contributed by atoms with E-state index in [0.717, 1.165) is 17.7 Å². The lowest BCUT2D eigenvalue weighted by molar-refractivity contribution is 0.468. The van der Waals surface area contributed by atoms with Crippen LogP contribution in [0.1, 0.15) is 37.7 Å². The molecule has 2 aromatic carbocycles. The van der Waals surface area contributed by atoms with Gasteiger partial charge in [-0.25, -0.2) is 4.99 Å². The Bertz CT molecular complexity index is 1050. The van der Waals surface area contributed by atoms with Crippen molar-refractivity contribution in [1.29, 1.82) is 0 Å². The lowest BCUT2D eigenvalue weighted by Gasteiger charge is -2.21. The molecular formula is C22H24Cl2N4OS. The Balaban J connectivity index is 1.81. The zero-order valence-electron chi connectivity index (χ0n) is 17.6. The van der Waals surface area contributed by atoms with E-state index in [1.165, 1.54) is 11.5 Å². The molecule has 3 rings (SSSR count). The van der Waals surface area contributed by atoms with Crippen LogP contribution in [0.4, 0.5) is 5.69 Å². The van der Waals surface area contributed by atoms with Crippen LogP contribution in [0.3, 0.4) is 0 Å². The van der Waals surface area contributed by atoms with E-state index in [1.54, 1.807) is 12.4 Å². The van der Waals surface area contributed by atoms with Crippen molar-refractivity contribution in [3.8, 4) is 10.9 Å². The number of hydrogen-bond donors (Lipinski definition) is 0. The first kappa shape index (κ1) is 22.5. The summed E-state index contributed by atoms with van der Waals surface area (Å²) in [5.74, 6) is 1.33. The van der Waals surface area contributed by atoms with Crippen molar-refractivity contribution in [3.63, 3.8) is 0 Å². The minimum absolute atomic E-state index is 0.376. The van der Waals surface area contributed by atoms with Gasteiger partial charge in [0.1, 0.15) is 5.75 Å². The first-order chi connectivity index (χ1) is 14.2. The van der Waals surface area contributed by atoms with Gasteiger partial charge in [-0.05, 0) is 57.0 Å². The molecule has 0 aliphatic heterocycles. The summed E-state index contributed by atoms with van der Waals surface area (Å²) >= 11 is 13.6. The number of aryl methyl sites for hydroxylation is 1. The number of aliphatic imine (C=N–C) groups is 1. The average molecular weight is 463 g/mol. The van der Waals surface area contributed by atoms with E-state index >= 15 is 0 Å². The highest BCUT2D eigenvalue weighted by Gasteiger charge is 2.28. The molecule has 158 valence electrons. The Kier molecular flexibility index (Phi) is 7.01. The quantitative estimate of drug-likeness (QED) is 0.283. The maximum absolute atomic E-state index is 6.41.